The Hall–Kier alpha value is -3.94. The van der Waals surface area contributed by atoms with E-state index in [-0.39, 0.29) is 17.4 Å². The average Bonchev–Trinajstić information content (AvgIpc) is 2.96. The molecule has 0 spiro atoms. The van der Waals surface area contributed by atoms with E-state index < -0.39 is 12.1 Å². The molecule has 196 valence electrons. The van der Waals surface area contributed by atoms with Crippen molar-refractivity contribution in [3.63, 3.8) is 0 Å². The number of pyridine rings is 1. The Bertz CT molecular complexity index is 1490. The molecule has 0 amide bonds. The summed E-state index contributed by atoms with van der Waals surface area (Å²) >= 11 is 0. The van der Waals surface area contributed by atoms with Crippen molar-refractivity contribution >= 4 is 27.6 Å². The van der Waals surface area contributed by atoms with Gasteiger partial charge in [0, 0.05) is 29.6 Å². The molecule has 1 aromatic heterocycles. The summed E-state index contributed by atoms with van der Waals surface area (Å²) < 4.78 is 5.35. The third kappa shape index (κ3) is 4.83. The standard InChI is InChI=1S/C20H24N2O2.C11H8O3/c1-3-13-12-22-9-7-14(13)10-19(22)20(23)16-6-8-21-18-5-4-15(24-2)11-17(16)18;12-10-8-4-2-1-3-7(8)5-6-9(10)11(13)14/h3-6,8,11,13-14,19-20,23H,1,7,9-10,12H2,2H3;1-6,12H,(H,13,14)/t13-,14-,19+,20-;/m0./s1. The van der Waals surface area contributed by atoms with Gasteiger partial charge in [-0.1, -0.05) is 36.4 Å². The maximum absolute atomic E-state index is 11.2. The first-order chi connectivity index (χ1) is 18.4. The Morgan fingerprint density at radius 2 is 1.97 bits per heavy atom. The second-order valence-electron chi connectivity index (χ2n) is 9.96. The highest BCUT2D eigenvalue weighted by Gasteiger charge is 2.42. The number of phenols is 1. The second kappa shape index (κ2) is 10.8. The molecule has 7 rings (SSSR count). The molecular weight excluding hydrogens is 480 g/mol. The average molecular weight is 513 g/mol. The highest BCUT2D eigenvalue weighted by molar-refractivity contribution is 6.00. The van der Waals surface area contributed by atoms with Crippen LogP contribution in [0.2, 0.25) is 0 Å². The number of aliphatic hydroxyl groups is 1. The number of carbonyl (C=O) groups is 1. The Morgan fingerprint density at radius 1 is 1.16 bits per heavy atom. The Labute approximate surface area is 221 Å². The molecule has 3 aliphatic heterocycles. The van der Waals surface area contributed by atoms with E-state index >= 15 is 0 Å². The first-order valence-electron chi connectivity index (χ1n) is 12.8. The van der Waals surface area contributed by atoms with Crippen LogP contribution in [-0.4, -0.2) is 57.4 Å². The number of carboxylic acid groups (broad SMARTS) is 1. The molecule has 3 saturated heterocycles. The number of rotatable bonds is 5. The molecule has 0 aliphatic carbocycles. The molecule has 4 aromatic rings. The number of piperidine rings is 3. The first-order valence-corrected chi connectivity index (χ1v) is 12.8. The van der Waals surface area contributed by atoms with Gasteiger partial charge in [-0.25, -0.2) is 4.79 Å². The van der Waals surface area contributed by atoms with Crippen molar-refractivity contribution in [2.24, 2.45) is 11.8 Å². The van der Waals surface area contributed by atoms with Crippen molar-refractivity contribution in [1.82, 2.24) is 9.88 Å². The molecule has 0 saturated carbocycles. The fourth-order valence-corrected chi connectivity index (χ4v) is 5.87. The molecule has 3 N–H and O–H groups in total. The number of aromatic carboxylic acids is 1. The summed E-state index contributed by atoms with van der Waals surface area (Å²) in [7, 11) is 1.66. The quantitative estimate of drug-likeness (QED) is 0.307. The fourth-order valence-electron chi connectivity index (χ4n) is 5.87. The normalized spacial score (nSPS) is 22.9. The topological polar surface area (TPSA) is 103 Å². The number of benzene rings is 3. The Kier molecular flexibility index (Phi) is 7.31. The number of ether oxygens (including phenoxy) is 1. The van der Waals surface area contributed by atoms with Gasteiger partial charge < -0.3 is 20.1 Å². The third-order valence-corrected chi connectivity index (χ3v) is 7.95. The van der Waals surface area contributed by atoms with Crippen LogP contribution in [0.1, 0.15) is 34.9 Å². The van der Waals surface area contributed by atoms with Crippen molar-refractivity contribution in [1.29, 1.82) is 0 Å². The minimum Gasteiger partial charge on any atom is -0.506 e. The zero-order valence-electron chi connectivity index (χ0n) is 21.3. The number of hydrogen-bond donors (Lipinski definition) is 3. The third-order valence-electron chi connectivity index (χ3n) is 7.95. The zero-order valence-corrected chi connectivity index (χ0v) is 21.3. The summed E-state index contributed by atoms with van der Waals surface area (Å²) in [6.45, 7) is 6.07. The maximum Gasteiger partial charge on any atom is 0.339 e. The van der Waals surface area contributed by atoms with Crippen molar-refractivity contribution in [3.8, 4) is 11.5 Å². The van der Waals surface area contributed by atoms with Crippen LogP contribution < -0.4 is 4.74 Å². The lowest BCUT2D eigenvalue weighted by atomic mass is 9.73. The lowest BCUT2D eigenvalue weighted by molar-refractivity contribution is -0.0444. The summed E-state index contributed by atoms with van der Waals surface area (Å²) in [4.78, 5) is 17.6. The number of carboxylic acids is 1. The van der Waals surface area contributed by atoms with Crippen LogP contribution in [0.15, 0.2) is 79.5 Å². The van der Waals surface area contributed by atoms with E-state index in [1.807, 2.05) is 36.4 Å². The van der Waals surface area contributed by atoms with Crippen LogP contribution in [0, 0.1) is 11.8 Å². The van der Waals surface area contributed by atoms with Gasteiger partial charge in [-0.15, -0.1) is 6.58 Å². The molecule has 38 heavy (non-hydrogen) atoms. The Balaban J connectivity index is 0.000000179. The molecule has 0 radical (unpaired) electrons. The Morgan fingerprint density at radius 3 is 2.68 bits per heavy atom. The van der Waals surface area contributed by atoms with E-state index in [0.717, 1.165) is 47.1 Å². The van der Waals surface area contributed by atoms with E-state index in [2.05, 4.69) is 22.5 Å². The van der Waals surface area contributed by atoms with Crippen molar-refractivity contribution < 1.29 is 24.9 Å². The number of methoxy groups -OCH3 is 1. The van der Waals surface area contributed by atoms with E-state index in [0.29, 0.717) is 17.2 Å². The van der Waals surface area contributed by atoms with Crippen molar-refractivity contribution in [2.75, 3.05) is 20.2 Å². The zero-order chi connectivity index (χ0) is 26.8. The summed E-state index contributed by atoms with van der Waals surface area (Å²) in [6, 6.07) is 18.1. The van der Waals surface area contributed by atoms with Crippen LogP contribution in [0.4, 0.5) is 0 Å². The molecule has 3 aliphatic rings. The molecule has 7 nitrogen and oxygen atoms in total. The van der Waals surface area contributed by atoms with Gasteiger partial charge in [0.05, 0.1) is 18.7 Å². The van der Waals surface area contributed by atoms with Crippen molar-refractivity contribution in [3.05, 3.63) is 90.6 Å². The van der Waals surface area contributed by atoms with Gasteiger partial charge in [0.25, 0.3) is 0 Å². The van der Waals surface area contributed by atoms with E-state index in [4.69, 9.17) is 9.84 Å². The fraction of sp³-hybridized carbons (Fsp3) is 0.290. The van der Waals surface area contributed by atoms with Gasteiger partial charge in [-0.05, 0) is 72.5 Å². The largest absolute Gasteiger partial charge is 0.506 e. The summed E-state index contributed by atoms with van der Waals surface area (Å²) in [5, 5.41) is 31.9. The van der Waals surface area contributed by atoms with Gasteiger partial charge >= 0.3 is 5.97 Å². The van der Waals surface area contributed by atoms with Gasteiger partial charge in [-0.3, -0.25) is 9.88 Å². The summed E-state index contributed by atoms with van der Waals surface area (Å²) in [5.41, 5.74) is 1.78. The molecule has 3 aromatic carbocycles. The maximum atomic E-state index is 11.2. The molecule has 2 bridgehead atoms. The number of fused-ring (bicyclic) bond motifs is 5. The monoisotopic (exact) mass is 512 g/mol. The van der Waals surface area contributed by atoms with Crippen LogP contribution in [0.3, 0.4) is 0 Å². The van der Waals surface area contributed by atoms with E-state index in [9.17, 15) is 15.0 Å². The SMILES string of the molecule is C=C[C@H]1CN2CC[C@H]1C[C@@H]2[C@@H](O)c1ccnc2ccc(OC)cc12.O=C(O)c1ccc2ccccc2c1O. The minimum atomic E-state index is -1.12. The number of aromatic nitrogens is 1. The smallest absolute Gasteiger partial charge is 0.339 e. The van der Waals surface area contributed by atoms with Crippen molar-refractivity contribution in [2.45, 2.75) is 25.0 Å². The molecule has 3 fully saturated rings. The van der Waals surface area contributed by atoms with E-state index in [1.165, 1.54) is 12.5 Å². The lowest BCUT2D eigenvalue weighted by Crippen LogP contribution is -2.54. The van der Waals surface area contributed by atoms with Crippen LogP contribution >= 0.6 is 0 Å². The summed E-state index contributed by atoms with van der Waals surface area (Å²) in [6.07, 6.45) is 5.62. The molecule has 5 atom stereocenters. The highest BCUT2D eigenvalue weighted by atomic mass is 16.5. The molecule has 1 unspecified atom stereocenters. The number of nitrogens with zero attached hydrogens (tertiary/aromatic N) is 2. The van der Waals surface area contributed by atoms with Crippen LogP contribution in [-0.2, 0) is 0 Å². The number of aromatic hydroxyl groups is 1. The van der Waals surface area contributed by atoms with Crippen LogP contribution in [0.25, 0.3) is 21.7 Å². The first kappa shape index (κ1) is 25.7. The van der Waals surface area contributed by atoms with Crippen LogP contribution in [0.5, 0.6) is 11.5 Å². The summed E-state index contributed by atoms with van der Waals surface area (Å²) in [5.74, 6) is 0.719. The highest BCUT2D eigenvalue weighted by Crippen LogP contribution is 2.42. The number of hydrogen-bond acceptors (Lipinski definition) is 6. The van der Waals surface area contributed by atoms with Gasteiger partial charge in [0.2, 0.25) is 0 Å². The molecule has 7 heteroatoms. The molecular formula is C31H32N2O5. The van der Waals surface area contributed by atoms with Gasteiger partial charge in [-0.2, -0.15) is 0 Å². The van der Waals surface area contributed by atoms with E-state index in [1.54, 1.807) is 31.5 Å². The predicted molar refractivity (Wildman–Crippen MR) is 148 cm³/mol. The lowest BCUT2D eigenvalue weighted by Gasteiger charge is -2.50. The predicted octanol–water partition coefficient (Wildman–Crippen LogP) is 5.42. The second-order valence-corrected chi connectivity index (χ2v) is 9.96. The molecule has 4 heterocycles. The minimum absolute atomic E-state index is 0.0660. The van der Waals surface area contributed by atoms with Gasteiger partial charge in [0.1, 0.15) is 17.1 Å². The van der Waals surface area contributed by atoms with Gasteiger partial charge in [0.15, 0.2) is 0 Å². The number of aliphatic hydroxyl groups excluding tert-OH is 1.